The minimum Gasteiger partial charge on any atom is -0.396 e. The third kappa shape index (κ3) is 4.88. The van der Waals surface area contributed by atoms with Gasteiger partial charge < -0.3 is 19.9 Å². The van der Waals surface area contributed by atoms with Crippen molar-refractivity contribution in [2.75, 3.05) is 31.1 Å². The summed E-state index contributed by atoms with van der Waals surface area (Å²) in [6.45, 7) is 3.13. The summed E-state index contributed by atoms with van der Waals surface area (Å²) in [4.78, 5) is 24.0. The predicted molar refractivity (Wildman–Crippen MR) is 119 cm³/mol. The van der Waals surface area contributed by atoms with Crippen molar-refractivity contribution in [1.82, 2.24) is 19.9 Å². The number of hydrogen-bond donors (Lipinski definition) is 2. The number of thiophene rings is 1. The molecule has 1 aliphatic rings. The minimum absolute atomic E-state index is 0.105. The summed E-state index contributed by atoms with van der Waals surface area (Å²) in [5, 5.41) is 16.8. The van der Waals surface area contributed by atoms with Crippen molar-refractivity contribution < 1.29 is 9.90 Å². The van der Waals surface area contributed by atoms with Gasteiger partial charge in [-0.15, -0.1) is 0 Å². The zero-order valence-corrected chi connectivity index (χ0v) is 17.7. The maximum absolute atomic E-state index is 13.0. The molecule has 2 N–H and O–H groups in total. The second-order valence-electron chi connectivity index (χ2n) is 7.63. The van der Waals surface area contributed by atoms with Gasteiger partial charge in [0.2, 0.25) is 0 Å². The summed E-state index contributed by atoms with van der Waals surface area (Å²) in [5.74, 6) is 0.825. The molecule has 30 heavy (non-hydrogen) atoms. The molecular weight excluding hydrogens is 398 g/mol. The van der Waals surface area contributed by atoms with E-state index in [1.165, 1.54) is 0 Å². The topological polar surface area (TPSA) is 83.3 Å². The first-order chi connectivity index (χ1) is 14.7. The number of aliphatic hydroxyl groups is 1. The van der Waals surface area contributed by atoms with E-state index >= 15 is 0 Å². The van der Waals surface area contributed by atoms with Crippen LogP contribution in [0, 0.1) is 5.92 Å². The smallest absolute Gasteiger partial charge is 0.255 e. The van der Waals surface area contributed by atoms with Crippen LogP contribution >= 0.6 is 11.3 Å². The van der Waals surface area contributed by atoms with E-state index in [1.54, 1.807) is 23.9 Å². The van der Waals surface area contributed by atoms with Gasteiger partial charge in [0.15, 0.2) is 0 Å². The number of aromatic nitrogens is 3. The van der Waals surface area contributed by atoms with Crippen LogP contribution < -0.4 is 10.2 Å². The van der Waals surface area contributed by atoms with Crippen molar-refractivity contribution in [3.63, 3.8) is 0 Å². The lowest BCUT2D eigenvalue weighted by molar-refractivity contribution is 0.0952. The summed E-state index contributed by atoms with van der Waals surface area (Å²) in [7, 11) is 0. The van der Waals surface area contributed by atoms with Crippen LogP contribution in [-0.2, 0) is 6.54 Å². The van der Waals surface area contributed by atoms with Crippen LogP contribution in [0.4, 0.5) is 5.82 Å². The summed E-state index contributed by atoms with van der Waals surface area (Å²) in [6.07, 6.45) is 8.27. The third-order valence-electron chi connectivity index (χ3n) is 5.45. The van der Waals surface area contributed by atoms with Crippen molar-refractivity contribution in [2.24, 2.45) is 5.92 Å². The lowest BCUT2D eigenvalue weighted by Crippen LogP contribution is -2.39. The summed E-state index contributed by atoms with van der Waals surface area (Å²) >= 11 is 1.63. The highest BCUT2D eigenvalue weighted by Gasteiger charge is 2.25. The number of rotatable bonds is 8. The van der Waals surface area contributed by atoms with Crippen LogP contribution in [0.25, 0.3) is 11.3 Å². The molecule has 1 atom stereocenters. The molecule has 3 aromatic heterocycles. The Morgan fingerprint density at radius 1 is 1.33 bits per heavy atom. The van der Waals surface area contributed by atoms with Crippen molar-refractivity contribution in [2.45, 2.75) is 25.8 Å². The fraction of sp³-hybridized carbons (Fsp3) is 0.409. The van der Waals surface area contributed by atoms with Crippen LogP contribution in [0.15, 0.2) is 47.7 Å². The average molecular weight is 426 g/mol. The predicted octanol–water partition coefficient (Wildman–Crippen LogP) is 3.04. The lowest BCUT2D eigenvalue weighted by atomic mass is 9.98. The SMILES string of the molecule is O=C(NCCCn1ccnc1)c1ccc(-c2ccsc2)nc1N1CCCC(CO)C1. The normalized spacial score (nSPS) is 16.6. The fourth-order valence-electron chi connectivity index (χ4n) is 3.82. The van der Waals surface area contributed by atoms with E-state index in [1.807, 2.05) is 34.3 Å². The minimum atomic E-state index is -0.105. The number of amides is 1. The van der Waals surface area contributed by atoms with E-state index in [-0.39, 0.29) is 18.4 Å². The first-order valence-corrected chi connectivity index (χ1v) is 11.3. The largest absolute Gasteiger partial charge is 0.396 e. The standard InChI is InChI=1S/C22H27N5O2S/c28-14-17-3-1-10-27(13-17)21-19(4-5-20(25-21)18-6-12-30-15-18)22(29)24-7-2-9-26-11-8-23-16-26/h4-6,8,11-12,15-17,28H,1-3,7,9-10,13-14H2,(H,24,29). The zero-order chi connectivity index (χ0) is 20.8. The molecule has 158 valence electrons. The second kappa shape index (κ2) is 9.86. The highest BCUT2D eigenvalue weighted by Crippen LogP contribution is 2.29. The average Bonchev–Trinajstić information content (AvgIpc) is 3.51. The number of piperidine rings is 1. The molecule has 8 heteroatoms. The Kier molecular flexibility index (Phi) is 6.76. The molecule has 0 saturated carbocycles. The molecule has 1 aliphatic heterocycles. The maximum Gasteiger partial charge on any atom is 0.255 e. The first-order valence-electron chi connectivity index (χ1n) is 10.4. The van der Waals surface area contributed by atoms with Gasteiger partial charge in [-0.25, -0.2) is 9.97 Å². The molecule has 0 spiro atoms. The van der Waals surface area contributed by atoms with Gasteiger partial charge in [0.05, 0.1) is 17.6 Å². The van der Waals surface area contributed by atoms with Gasteiger partial charge in [-0.3, -0.25) is 4.79 Å². The molecule has 4 rings (SSSR count). The summed E-state index contributed by atoms with van der Waals surface area (Å²) < 4.78 is 2.00. The number of nitrogens with zero attached hydrogens (tertiary/aromatic N) is 4. The molecular formula is C22H27N5O2S. The Hall–Kier alpha value is -2.71. The molecule has 3 aromatic rings. The number of aryl methyl sites for hydroxylation is 1. The fourth-order valence-corrected chi connectivity index (χ4v) is 4.47. The molecule has 0 bridgehead atoms. The van der Waals surface area contributed by atoms with Gasteiger partial charge in [0, 0.05) is 56.1 Å². The van der Waals surface area contributed by atoms with Crippen molar-refractivity contribution in [3.05, 3.63) is 53.2 Å². The van der Waals surface area contributed by atoms with E-state index in [4.69, 9.17) is 4.98 Å². The second-order valence-corrected chi connectivity index (χ2v) is 8.41. The summed E-state index contributed by atoms with van der Waals surface area (Å²) in [6, 6.07) is 5.84. The number of aliphatic hydroxyl groups excluding tert-OH is 1. The van der Waals surface area contributed by atoms with E-state index < -0.39 is 0 Å². The van der Waals surface area contributed by atoms with E-state index in [0.29, 0.717) is 17.9 Å². The Morgan fingerprint density at radius 2 is 2.27 bits per heavy atom. The van der Waals surface area contributed by atoms with Gasteiger partial charge in [0.1, 0.15) is 5.82 Å². The number of pyridine rings is 1. The first kappa shape index (κ1) is 20.6. The molecule has 0 aliphatic carbocycles. The molecule has 1 unspecified atom stereocenters. The van der Waals surface area contributed by atoms with Crippen LogP contribution in [-0.4, -0.2) is 51.8 Å². The van der Waals surface area contributed by atoms with Gasteiger partial charge >= 0.3 is 0 Å². The molecule has 0 aromatic carbocycles. The number of carbonyl (C=O) groups excluding carboxylic acids is 1. The summed E-state index contributed by atoms with van der Waals surface area (Å²) in [5.41, 5.74) is 2.52. The van der Waals surface area contributed by atoms with Crippen LogP contribution in [0.1, 0.15) is 29.6 Å². The number of carbonyl (C=O) groups is 1. The lowest BCUT2D eigenvalue weighted by Gasteiger charge is -2.34. The van der Waals surface area contributed by atoms with Crippen LogP contribution in [0.5, 0.6) is 0 Å². The van der Waals surface area contributed by atoms with Crippen LogP contribution in [0.3, 0.4) is 0 Å². The molecule has 4 heterocycles. The van der Waals surface area contributed by atoms with Crippen molar-refractivity contribution in [1.29, 1.82) is 0 Å². The maximum atomic E-state index is 13.0. The number of imidazole rings is 1. The highest BCUT2D eigenvalue weighted by atomic mass is 32.1. The quantitative estimate of drug-likeness (QED) is 0.542. The van der Waals surface area contributed by atoms with Gasteiger partial charge in [0.25, 0.3) is 5.91 Å². The Morgan fingerprint density at radius 3 is 3.03 bits per heavy atom. The Balaban J connectivity index is 1.50. The Bertz CT molecular complexity index is 943. The number of anilines is 1. The van der Waals surface area contributed by atoms with Gasteiger partial charge in [-0.2, -0.15) is 11.3 Å². The zero-order valence-electron chi connectivity index (χ0n) is 16.9. The van der Waals surface area contributed by atoms with E-state index in [2.05, 4.69) is 20.6 Å². The molecule has 7 nitrogen and oxygen atoms in total. The number of hydrogen-bond acceptors (Lipinski definition) is 6. The van der Waals surface area contributed by atoms with Gasteiger partial charge in [-0.1, -0.05) is 0 Å². The Labute approximate surface area is 180 Å². The van der Waals surface area contributed by atoms with E-state index in [0.717, 1.165) is 50.2 Å². The monoisotopic (exact) mass is 425 g/mol. The van der Waals surface area contributed by atoms with Crippen molar-refractivity contribution >= 4 is 23.1 Å². The molecule has 1 saturated heterocycles. The molecule has 0 radical (unpaired) electrons. The van der Waals surface area contributed by atoms with Crippen LogP contribution in [0.2, 0.25) is 0 Å². The van der Waals surface area contributed by atoms with Gasteiger partial charge in [-0.05, 0) is 48.8 Å². The highest BCUT2D eigenvalue weighted by molar-refractivity contribution is 7.08. The third-order valence-corrected chi connectivity index (χ3v) is 6.13. The molecule has 1 amide bonds. The van der Waals surface area contributed by atoms with E-state index in [9.17, 15) is 9.90 Å². The van der Waals surface area contributed by atoms with Crippen molar-refractivity contribution in [3.8, 4) is 11.3 Å². The number of nitrogens with one attached hydrogen (secondary N) is 1. The molecule has 1 fully saturated rings.